The highest BCUT2D eigenvalue weighted by Crippen LogP contribution is 2.29. The van der Waals surface area contributed by atoms with E-state index in [0.29, 0.717) is 43.3 Å². The molecule has 3 aromatic carbocycles. The second-order valence-corrected chi connectivity index (χ2v) is 7.42. The molecule has 0 bridgehead atoms. The van der Waals surface area contributed by atoms with Gasteiger partial charge >= 0.3 is 0 Å². The van der Waals surface area contributed by atoms with E-state index in [0.717, 1.165) is 12.1 Å². The summed E-state index contributed by atoms with van der Waals surface area (Å²) in [5.74, 6) is 0.979. The predicted molar refractivity (Wildman–Crippen MR) is 118 cm³/mol. The highest BCUT2D eigenvalue weighted by molar-refractivity contribution is 5.92. The van der Waals surface area contributed by atoms with Gasteiger partial charge < -0.3 is 14.8 Å². The number of para-hydroxylation sites is 3. The molecule has 6 heteroatoms. The number of anilines is 1. The Morgan fingerprint density at radius 3 is 2.58 bits per heavy atom. The maximum Gasteiger partial charge on any atom is 0.225 e. The Kier molecular flexibility index (Phi) is 6.92. The van der Waals surface area contributed by atoms with E-state index in [1.165, 1.54) is 12.1 Å². The average Bonchev–Trinajstić information content (AvgIpc) is 2.80. The molecule has 1 aliphatic rings. The van der Waals surface area contributed by atoms with Gasteiger partial charge in [-0.2, -0.15) is 0 Å². The van der Waals surface area contributed by atoms with Crippen LogP contribution in [0.4, 0.5) is 10.1 Å². The first-order chi connectivity index (χ1) is 15.2. The van der Waals surface area contributed by atoms with Crippen LogP contribution in [-0.4, -0.2) is 37.0 Å². The van der Waals surface area contributed by atoms with E-state index < -0.39 is 0 Å². The van der Waals surface area contributed by atoms with Crippen molar-refractivity contribution in [1.29, 1.82) is 0 Å². The highest BCUT2D eigenvalue weighted by atomic mass is 19.1. The van der Waals surface area contributed by atoms with Gasteiger partial charge in [-0.05, 0) is 42.0 Å². The topological polar surface area (TPSA) is 50.8 Å². The molecule has 1 amide bonds. The maximum atomic E-state index is 13.2. The first kappa shape index (κ1) is 21.0. The molecule has 1 fully saturated rings. The van der Waals surface area contributed by atoms with Crippen LogP contribution in [0.3, 0.4) is 0 Å². The minimum atomic E-state index is -0.260. The third kappa shape index (κ3) is 5.90. The van der Waals surface area contributed by atoms with Crippen molar-refractivity contribution in [1.82, 2.24) is 4.90 Å². The molecule has 1 atom stereocenters. The van der Waals surface area contributed by atoms with Crippen molar-refractivity contribution in [2.24, 2.45) is 0 Å². The molecule has 1 saturated heterocycles. The standard InChI is InChI=1S/C25H25FN2O3/c26-20-12-10-19(11-13-20)24-18-28(16-17-30-24)15-14-25(29)27-22-8-4-5-9-23(22)31-21-6-2-1-3-7-21/h1-13,24H,14-18H2,(H,27,29). The van der Waals surface area contributed by atoms with Gasteiger partial charge in [-0.3, -0.25) is 9.69 Å². The van der Waals surface area contributed by atoms with Crippen molar-refractivity contribution in [2.45, 2.75) is 12.5 Å². The summed E-state index contributed by atoms with van der Waals surface area (Å²) in [6.07, 6.45) is 0.243. The number of amides is 1. The van der Waals surface area contributed by atoms with E-state index in [4.69, 9.17) is 9.47 Å². The van der Waals surface area contributed by atoms with Gasteiger partial charge in [0.2, 0.25) is 5.91 Å². The number of ether oxygens (including phenoxy) is 2. The number of hydrogen-bond donors (Lipinski definition) is 1. The zero-order valence-corrected chi connectivity index (χ0v) is 17.2. The van der Waals surface area contributed by atoms with E-state index >= 15 is 0 Å². The van der Waals surface area contributed by atoms with Crippen molar-refractivity contribution in [2.75, 3.05) is 31.6 Å². The number of benzene rings is 3. The second kappa shape index (κ2) is 10.2. The number of halogens is 1. The van der Waals surface area contributed by atoms with Crippen LogP contribution in [0.5, 0.6) is 11.5 Å². The van der Waals surface area contributed by atoms with Crippen molar-refractivity contribution >= 4 is 11.6 Å². The fourth-order valence-corrected chi connectivity index (χ4v) is 3.53. The molecule has 1 N–H and O–H groups in total. The van der Waals surface area contributed by atoms with Crippen LogP contribution in [0.2, 0.25) is 0 Å². The van der Waals surface area contributed by atoms with Gasteiger partial charge in [-0.25, -0.2) is 4.39 Å². The normalized spacial score (nSPS) is 16.6. The van der Waals surface area contributed by atoms with Crippen LogP contribution >= 0.6 is 0 Å². The molecule has 160 valence electrons. The van der Waals surface area contributed by atoms with Crippen LogP contribution in [0.15, 0.2) is 78.9 Å². The molecular weight excluding hydrogens is 395 g/mol. The molecule has 5 nitrogen and oxygen atoms in total. The van der Waals surface area contributed by atoms with Crippen molar-refractivity contribution < 1.29 is 18.7 Å². The summed E-state index contributed by atoms with van der Waals surface area (Å²) in [5.41, 5.74) is 1.59. The third-order valence-corrected chi connectivity index (χ3v) is 5.18. The van der Waals surface area contributed by atoms with Crippen LogP contribution in [0.1, 0.15) is 18.1 Å². The van der Waals surface area contributed by atoms with E-state index in [1.807, 2.05) is 54.6 Å². The zero-order valence-electron chi connectivity index (χ0n) is 17.2. The second-order valence-electron chi connectivity index (χ2n) is 7.42. The van der Waals surface area contributed by atoms with E-state index in [-0.39, 0.29) is 17.8 Å². The number of rotatable bonds is 7. The molecule has 0 aliphatic carbocycles. The molecule has 0 spiro atoms. The Balaban J connectivity index is 1.31. The fourth-order valence-electron chi connectivity index (χ4n) is 3.53. The van der Waals surface area contributed by atoms with Gasteiger partial charge in [-0.1, -0.05) is 42.5 Å². The van der Waals surface area contributed by atoms with Crippen LogP contribution in [0.25, 0.3) is 0 Å². The van der Waals surface area contributed by atoms with Crippen LogP contribution in [0, 0.1) is 5.82 Å². The fraction of sp³-hybridized carbons (Fsp3) is 0.240. The average molecular weight is 420 g/mol. The quantitative estimate of drug-likeness (QED) is 0.583. The van der Waals surface area contributed by atoms with Crippen molar-refractivity contribution in [3.63, 3.8) is 0 Å². The van der Waals surface area contributed by atoms with Gasteiger partial charge in [0.05, 0.1) is 18.4 Å². The van der Waals surface area contributed by atoms with Gasteiger partial charge in [0, 0.05) is 26.1 Å². The molecule has 0 aromatic heterocycles. The lowest BCUT2D eigenvalue weighted by atomic mass is 10.1. The molecule has 0 saturated carbocycles. The first-order valence-electron chi connectivity index (χ1n) is 10.4. The predicted octanol–water partition coefficient (Wildman–Crippen LogP) is 5.02. The smallest absolute Gasteiger partial charge is 0.225 e. The SMILES string of the molecule is O=C(CCN1CCOC(c2ccc(F)cc2)C1)Nc1ccccc1Oc1ccccc1. The molecule has 4 rings (SSSR count). The lowest BCUT2D eigenvalue weighted by molar-refractivity contribution is -0.117. The molecular formula is C25H25FN2O3. The molecule has 1 aliphatic heterocycles. The van der Waals surface area contributed by atoms with Gasteiger partial charge in [0.25, 0.3) is 0 Å². The monoisotopic (exact) mass is 420 g/mol. The summed E-state index contributed by atoms with van der Waals surface area (Å²) < 4.78 is 24.9. The van der Waals surface area contributed by atoms with Crippen LogP contribution < -0.4 is 10.1 Å². The minimum absolute atomic E-state index is 0.0751. The summed E-state index contributed by atoms with van der Waals surface area (Å²) in [5, 5.41) is 2.96. The number of nitrogens with one attached hydrogen (secondary N) is 1. The Hall–Kier alpha value is -3.22. The van der Waals surface area contributed by atoms with Gasteiger partial charge in [0.1, 0.15) is 11.6 Å². The van der Waals surface area contributed by atoms with E-state index in [1.54, 1.807) is 12.1 Å². The summed E-state index contributed by atoms with van der Waals surface area (Å²) >= 11 is 0. The number of carbonyl (C=O) groups is 1. The lowest BCUT2D eigenvalue weighted by Gasteiger charge is -2.33. The van der Waals surface area contributed by atoms with Crippen LogP contribution in [-0.2, 0) is 9.53 Å². The Bertz CT molecular complexity index is 995. The number of morpholine rings is 1. The van der Waals surface area contributed by atoms with Gasteiger partial charge in [-0.15, -0.1) is 0 Å². The summed E-state index contributed by atoms with van der Waals surface area (Å²) in [6, 6.07) is 23.2. The number of nitrogens with zero attached hydrogens (tertiary/aromatic N) is 1. The van der Waals surface area contributed by atoms with E-state index in [9.17, 15) is 9.18 Å². The molecule has 31 heavy (non-hydrogen) atoms. The molecule has 3 aromatic rings. The minimum Gasteiger partial charge on any atom is -0.455 e. The third-order valence-electron chi connectivity index (χ3n) is 5.18. The zero-order chi connectivity index (χ0) is 21.5. The lowest BCUT2D eigenvalue weighted by Crippen LogP contribution is -2.39. The Morgan fingerprint density at radius 2 is 1.77 bits per heavy atom. The molecule has 1 unspecified atom stereocenters. The largest absolute Gasteiger partial charge is 0.455 e. The van der Waals surface area contributed by atoms with Crippen molar-refractivity contribution in [3.8, 4) is 11.5 Å². The summed E-state index contributed by atoms with van der Waals surface area (Å²) in [4.78, 5) is 14.8. The number of hydrogen-bond acceptors (Lipinski definition) is 4. The van der Waals surface area contributed by atoms with Gasteiger partial charge in [0.15, 0.2) is 5.75 Å². The molecule has 0 radical (unpaired) electrons. The number of carbonyl (C=O) groups excluding carboxylic acids is 1. The Labute approximate surface area is 181 Å². The maximum absolute atomic E-state index is 13.2. The summed E-state index contributed by atoms with van der Waals surface area (Å²) in [6.45, 7) is 2.64. The highest BCUT2D eigenvalue weighted by Gasteiger charge is 2.22. The van der Waals surface area contributed by atoms with E-state index in [2.05, 4.69) is 10.2 Å². The van der Waals surface area contributed by atoms with Crippen molar-refractivity contribution in [3.05, 3.63) is 90.2 Å². The Morgan fingerprint density at radius 1 is 1.03 bits per heavy atom. The first-order valence-corrected chi connectivity index (χ1v) is 10.4. The molecule has 1 heterocycles. The summed E-state index contributed by atoms with van der Waals surface area (Å²) in [7, 11) is 0.